The van der Waals surface area contributed by atoms with Crippen LogP contribution in [0.3, 0.4) is 0 Å². The molecule has 1 aliphatic rings. The van der Waals surface area contributed by atoms with Gasteiger partial charge in [0.1, 0.15) is 22.9 Å². The molecule has 0 spiro atoms. The number of fused-ring (bicyclic) bond motifs is 6. The van der Waals surface area contributed by atoms with Crippen LogP contribution in [0.15, 0.2) is 36.9 Å². The summed E-state index contributed by atoms with van der Waals surface area (Å²) < 4.78 is 46.8. The van der Waals surface area contributed by atoms with Gasteiger partial charge in [-0.15, -0.1) is 5.10 Å². The Morgan fingerprint density at radius 2 is 2.02 bits per heavy atom. The lowest BCUT2D eigenvalue weighted by Crippen LogP contribution is -2.26. The van der Waals surface area contributed by atoms with Crippen molar-refractivity contribution in [2.75, 3.05) is 18.5 Å². The number of nitrogens with zero attached hydrogens (tertiary/aromatic N) is 7. The highest BCUT2D eigenvalue weighted by Crippen LogP contribution is 2.38. The number of pyridine rings is 1. The van der Waals surface area contributed by atoms with Crippen molar-refractivity contribution in [3.05, 3.63) is 36.9 Å². The summed E-state index contributed by atoms with van der Waals surface area (Å²) in [5.74, 6) is 2.28. The maximum Gasteiger partial charge on any atom is 0.272 e. The number of halogens is 2. The van der Waals surface area contributed by atoms with Crippen molar-refractivity contribution in [2.45, 2.75) is 51.9 Å². The Bertz CT molecular complexity index is 1480. The molecular formula is C26H30F2N8O4. The number of aryl methyl sites for hydroxylation is 1. The first-order valence-electron chi connectivity index (χ1n) is 12.7. The summed E-state index contributed by atoms with van der Waals surface area (Å²) in [5, 5.41) is 22.0. The number of aliphatic hydroxyl groups is 1. The summed E-state index contributed by atoms with van der Waals surface area (Å²) in [4.78, 5) is 13.5. The Hall–Kier alpha value is -4.33. The highest BCUT2D eigenvalue weighted by molar-refractivity contribution is 5.75. The van der Waals surface area contributed by atoms with Crippen LogP contribution >= 0.6 is 0 Å². The maximum atomic E-state index is 13.0. The van der Waals surface area contributed by atoms with Crippen molar-refractivity contribution in [2.24, 2.45) is 7.05 Å². The van der Waals surface area contributed by atoms with Gasteiger partial charge in [-0.25, -0.2) is 28.4 Å². The van der Waals surface area contributed by atoms with Gasteiger partial charge in [0.2, 0.25) is 11.8 Å². The molecule has 212 valence electrons. The average molecular weight is 557 g/mol. The largest absolute Gasteiger partial charge is 0.490 e. The van der Waals surface area contributed by atoms with Gasteiger partial charge in [-0.1, -0.05) is 0 Å². The zero-order chi connectivity index (χ0) is 28.4. The van der Waals surface area contributed by atoms with Gasteiger partial charge in [0.05, 0.1) is 36.6 Å². The van der Waals surface area contributed by atoms with E-state index in [9.17, 15) is 13.9 Å². The zero-order valence-electron chi connectivity index (χ0n) is 22.5. The van der Waals surface area contributed by atoms with Crippen LogP contribution in [0.25, 0.3) is 22.5 Å². The topological polar surface area (TPSA) is 134 Å². The molecule has 5 rings (SSSR count). The molecule has 0 saturated carbocycles. The SMILES string of the molecule is C[C@H]1CCOc2c(cnn2C)-c2nccc(n2)Nc2cc(c(-c3cn(CC(C)(C)O)nc3OCC(F)F)cn2)O1. The second-order valence-electron chi connectivity index (χ2n) is 10.1. The van der Waals surface area contributed by atoms with Gasteiger partial charge in [-0.05, 0) is 26.8 Å². The first-order valence-corrected chi connectivity index (χ1v) is 12.7. The monoisotopic (exact) mass is 556 g/mol. The molecule has 4 bridgehead atoms. The van der Waals surface area contributed by atoms with Crippen LogP contribution in [0, 0.1) is 0 Å². The number of hydrogen-bond donors (Lipinski definition) is 2. The van der Waals surface area contributed by atoms with Crippen molar-refractivity contribution < 1.29 is 28.1 Å². The number of hydrogen-bond acceptors (Lipinski definition) is 10. The van der Waals surface area contributed by atoms with Gasteiger partial charge < -0.3 is 24.6 Å². The van der Waals surface area contributed by atoms with E-state index in [-0.39, 0.29) is 18.5 Å². The molecule has 5 heterocycles. The van der Waals surface area contributed by atoms with Gasteiger partial charge >= 0.3 is 0 Å². The molecule has 0 fully saturated rings. The van der Waals surface area contributed by atoms with E-state index in [1.165, 1.54) is 4.68 Å². The lowest BCUT2D eigenvalue weighted by Gasteiger charge is -2.19. The highest BCUT2D eigenvalue weighted by Gasteiger charge is 2.24. The van der Waals surface area contributed by atoms with E-state index < -0.39 is 18.6 Å². The van der Waals surface area contributed by atoms with E-state index in [2.05, 4.69) is 30.5 Å². The first-order chi connectivity index (χ1) is 19.1. The van der Waals surface area contributed by atoms with Crippen LogP contribution in [-0.2, 0) is 13.6 Å². The van der Waals surface area contributed by atoms with E-state index in [1.54, 1.807) is 62.5 Å². The predicted molar refractivity (Wildman–Crippen MR) is 141 cm³/mol. The van der Waals surface area contributed by atoms with E-state index in [0.29, 0.717) is 58.8 Å². The number of nitrogens with one attached hydrogen (secondary N) is 1. The molecule has 1 atom stereocenters. The van der Waals surface area contributed by atoms with Gasteiger partial charge in [0, 0.05) is 43.7 Å². The van der Waals surface area contributed by atoms with Crippen LogP contribution in [0.5, 0.6) is 17.5 Å². The molecule has 1 aliphatic heterocycles. The summed E-state index contributed by atoms with van der Waals surface area (Å²) in [6.45, 7) is 4.74. The summed E-state index contributed by atoms with van der Waals surface area (Å²) >= 11 is 0. The second kappa shape index (κ2) is 11.0. The number of rotatable bonds is 6. The third kappa shape index (κ3) is 6.28. The van der Waals surface area contributed by atoms with E-state index in [4.69, 9.17) is 14.2 Å². The molecule has 0 unspecified atom stereocenters. The Kier molecular flexibility index (Phi) is 7.52. The smallest absolute Gasteiger partial charge is 0.272 e. The van der Waals surface area contributed by atoms with Crippen LogP contribution in [0.1, 0.15) is 27.2 Å². The molecule has 0 aliphatic carbocycles. The molecule has 4 aromatic heterocycles. The molecule has 40 heavy (non-hydrogen) atoms. The van der Waals surface area contributed by atoms with E-state index >= 15 is 0 Å². The molecule has 12 nitrogen and oxygen atoms in total. The lowest BCUT2D eigenvalue weighted by molar-refractivity contribution is 0.0557. The molecule has 0 aromatic carbocycles. The maximum absolute atomic E-state index is 13.0. The number of aromatic nitrogens is 7. The fraction of sp³-hybridized carbons (Fsp3) is 0.423. The van der Waals surface area contributed by atoms with E-state index in [1.807, 2.05) is 6.92 Å². The summed E-state index contributed by atoms with van der Waals surface area (Å²) in [7, 11) is 1.77. The van der Waals surface area contributed by atoms with Crippen molar-refractivity contribution >= 4 is 11.6 Å². The fourth-order valence-corrected chi connectivity index (χ4v) is 4.16. The molecule has 0 amide bonds. The Balaban J connectivity index is 1.55. The molecule has 2 N–H and O–H groups in total. The number of anilines is 2. The van der Waals surface area contributed by atoms with Gasteiger partial charge in [0.25, 0.3) is 6.43 Å². The van der Waals surface area contributed by atoms with Crippen molar-refractivity contribution in [3.63, 3.8) is 0 Å². The Labute approximate surface area is 229 Å². The van der Waals surface area contributed by atoms with Crippen LogP contribution < -0.4 is 19.5 Å². The van der Waals surface area contributed by atoms with Crippen LogP contribution in [-0.4, -0.2) is 71.0 Å². The molecule has 14 heteroatoms. The first kappa shape index (κ1) is 27.2. The summed E-state index contributed by atoms with van der Waals surface area (Å²) in [6.07, 6.45) is 3.95. The summed E-state index contributed by atoms with van der Waals surface area (Å²) in [6, 6.07) is 3.39. The lowest BCUT2D eigenvalue weighted by atomic mass is 10.1. The summed E-state index contributed by atoms with van der Waals surface area (Å²) in [5.41, 5.74) is 0.430. The van der Waals surface area contributed by atoms with Crippen LogP contribution in [0.4, 0.5) is 20.4 Å². The standard InChI is InChI=1S/C26H30F2N8O4/c1-15-6-8-38-25-17(11-31-35(25)4)23-29-7-5-21(33-23)32-22-9-19(40-15)16(10-30-22)18-12-36(14-26(2,3)37)34-24(18)39-13-20(27)28/h5,7,9-12,15,20,37H,6,8,13-14H2,1-4H3,(H,29,30,32,33)/t15-/m0/s1. The normalized spacial score (nSPS) is 15.4. The highest BCUT2D eigenvalue weighted by atomic mass is 19.3. The Morgan fingerprint density at radius 1 is 1.20 bits per heavy atom. The van der Waals surface area contributed by atoms with Gasteiger partial charge in [0.15, 0.2) is 12.4 Å². The quantitative estimate of drug-likeness (QED) is 0.361. The second-order valence-corrected chi connectivity index (χ2v) is 10.1. The number of alkyl halides is 2. The van der Waals surface area contributed by atoms with E-state index in [0.717, 1.165) is 0 Å². The predicted octanol–water partition coefficient (Wildman–Crippen LogP) is 3.84. The molecule has 0 radical (unpaired) electrons. The average Bonchev–Trinajstić information content (AvgIpc) is 3.44. The third-order valence-corrected chi connectivity index (χ3v) is 5.91. The van der Waals surface area contributed by atoms with Crippen molar-refractivity contribution in [1.82, 2.24) is 34.5 Å². The molecule has 4 aromatic rings. The van der Waals surface area contributed by atoms with Crippen LogP contribution in [0.2, 0.25) is 0 Å². The zero-order valence-corrected chi connectivity index (χ0v) is 22.5. The number of ether oxygens (including phenoxy) is 3. The minimum Gasteiger partial charge on any atom is -0.490 e. The van der Waals surface area contributed by atoms with Crippen molar-refractivity contribution in [3.8, 4) is 40.0 Å². The van der Waals surface area contributed by atoms with Gasteiger partial charge in [-0.2, -0.15) is 5.10 Å². The van der Waals surface area contributed by atoms with Crippen molar-refractivity contribution in [1.29, 1.82) is 0 Å². The minimum atomic E-state index is -2.69. The fourth-order valence-electron chi connectivity index (χ4n) is 4.16. The Morgan fingerprint density at radius 3 is 2.80 bits per heavy atom. The molecular weight excluding hydrogens is 526 g/mol. The minimum absolute atomic E-state index is 0.0218. The third-order valence-electron chi connectivity index (χ3n) is 5.91. The van der Waals surface area contributed by atoms with Gasteiger partial charge in [-0.3, -0.25) is 4.68 Å². The molecule has 0 saturated heterocycles.